The Kier molecular flexibility index (Phi) is 11.3. The van der Waals surface area contributed by atoms with Gasteiger partial charge in [-0.05, 0) is 86.9 Å². The molecule has 0 heterocycles. The topological polar surface area (TPSA) is 86.8 Å². The van der Waals surface area contributed by atoms with Gasteiger partial charge in [0.05, 0.1) is 10.6 Å². The molecule has 7 nitrogen and oxygen atoms in total. The summed E-state index contributed by atoms with van der Waals surface area (Å²) in [5.41, 5.74) is 3.28. The van der Waals surface area contributed by atoms with Crippen molar-refractivity contribution in [1.82, 2.24) is 10.2 Å². The number of benzene rings is 3. The summed E-state index contributed by atoms with van der Waals surface area (Å²) in [6.45, 7) is 5.56. The summed E-state index contributed by atoms with van der Waals surface area (Å²) < 4.78 is 29.4. The zero-order valence-corrected chi connectivity index (χ0v) is 27.2. The van der Waals surface area contributed by atoms with Crippen LogP contribution in [0.1, 0.15) is 62.1 Å². The largest absolute Gasteiger partial charge is 0.352 e. The highest BCUT2D eigenvalue weighted by Gasteiger charge is 2.34. The molecule has 1 aliphatic carbocycles. The lowest BCUT2D eigenvalue weighted by molar-refractivity contribution is -0.140. The Hall–Kier alpha value is -3.30. The number of hydrogen-bond donors (Lipinski definition) is 1. The van der Waals surface area contributed by atoms with Crippen molar-refractivity contribution in [2.24, 2.45) is 0 Å². The number of nitrogens with one attached hydrogen (secondary N) is 1. The fourth-order valence-corrected chi connectivity index (χ4v) is 7.37. The molecule has 1 unspecified atom stereocenters. The monoisotopic (exact) mass is 621 g/mol. The first-order valence-corrected chi connectivity index (χ1v) is 17.7. The summed E-state index contributed by atoms with van der Waals surface area (Å²) in [7, 11) is -4.10. The highest BCUT2D eigenvalue weighted by atomic mass is 32.2. The van der Waals surface area contributed by atoms with Gasteiger partial charge in [-0.2, -0.15) is 0 Å². The first-order valence-electron chi connectivity index (χ1n) is 15.0. The van der Waals surface area contributed by atoms with Crippen LogP contribution < -0.4 is 9.62 Å². The third kappa shape index (κ3) is 8.21. The van der Waals surface area contributed by atoms with Gasteiger partial charge < -0.3 is 10.2 Å². The van der Waals surface area contributed by atoms with Gasteiger partial charge in [0, 0.05) is 17.5 Å². The highest BCUT2D eigenvalue weighted by Crippen LogP contribution is 2.27. The van der Waals surface area contributed by atoms with E-state index in [1.54, 1.807) is 41.3 Å². The van der Waals surface area contributed by atoms with Gasteiger partial charge in [-0.1, -0.05) is 68.1 Å². The van der Waals surface area contributed by atoms with Crippen LogP contribution in [0.2, 0.25) is 0 Å². The maximum absolute atomic E-state index is 14.3. The number of carbonyl (C=O) groups is 2. The van der Waals surface area contributed by atoms with Crippen LogP contribution in [-0.2, 0) is 26.2 Å². The van der Waals surface area contributed by atoms with Gasteiger partial charge in [0.1, 0.15) is 12.6 Å². The van der Waals surface area contributed by atoms with Gasteiger partial charge in [0.15, 0.2) is 0 Å². The Bertz CT molecular complexity index is 1480. The maximum Gasteiger partial charge on any atom is 0.264 e. The Morgan fingerprint density at radius 2 is 1.58 bits per heavy atom. The van der Waals surface area contributed by atoms with Gasteiger partial charge in [-0.15, -0.1) is 11.8 Å². The number of nitrogens with zero attached hydrogens (tertiary/aromatic N) is 2. The first-order chi connectivity index (χ1) is 20.6. The van der Waals surface area contributed by atoms with Gasteiger partial charge in [-0.25, -0.2) is 8.42 Å². The second kappa shape index (κ2) is 14.9. The summed E-state index contributed by atoms with van der Waals surface area (Å²) in [4.78, 5) is 30.6. The minimum Gasteiger partial charge on any atom is -0.352 e. The number of amides is 2. The van der Waals surface area contributed by atoms with E-state index in [-0.39, 0.29) is 23.4 Å². The van der Waals surface area contributed by atoms with Crippen molar-refractivity contribution in [2.45, 2.75) is 87.7 Å². The molecule has 0 radical (unpaired) electrons. The highest BCUT2D eigenvalue weighted by molar-refractivity contribution is 7.98. The molecular formula is C34H43N3O4S2. The number of sulfonamides is 1. The van der Waals surface area contributed by atoms with Crippen molar-refractivity contribution in [3.8, 4) is 0 Å². The first kappa shape index (κ1) is 32.6. The van der Waals surface area contributed by atoms with Crippen molar-refractivity contribution >= 4 is 39.3 Å². The number of aryl methyl sites for hydroxylation is 2. The minimum atomic E-state index is -4.10. The second-order valence-corrected chi connectivity index (χ2v) is 14.0. The van der Waals surface area contributed by atoms with E-state index in [1.807, 2.05) is 63.4 Å². The Labute approximate surface area is 261 Å². The quantitative estimate of drug-likeness (QED) is 0.234. The number of anilines is 1. The fourth-order valence-electron chi connectivity index (χ4n) is 5.55. The third-order valence-corrected chi connectivity index (χ3v) is 10.7. The van der Waals surface area contributed by atoms with E-state index in [1.165, 1.54) is 22.5 Å². The molecule has 230 valence electrons. The van der Waals surface area contributed by atoms with Crippen LogP contribution in [0, 0.1) is 13.8 Å². The lowest BCUT2D eigenvalue weighted by atomic mass is 9.95. The molecule has 1 saturated carbocycles. The molecule has 9 heteroatoms. The fraction of sp³-hybridized carbons (Fsp3) is 0.412. The summed E-state index contributed by atoms with van der Waals surface area (Å²) in [5.74, 6) is -0.618. The third-order valence-electron chi connectivity index (χ3n) is 8.19. The van der Waals surface area contributed by atoms with Gasteiger partial charge in [0.25, 0.3) is 10.0 Å². The SMILES string of the molecule is CCC(C(=O)NC1CCCCC1)N(Cc1ccccc1C)C(=O)CN(c1ccc(C)cc1)S(=O)(=O)c1ccc(SC)cc1. The summed E-state index contributed by atoms with van der Waals surface area (Å²) in [6, 6.07) is 20.9. The molecule has 0 spiro atoms. The van der Waals surface area contributed by atoms with Gasteiger partial charge in [-0.3, -0.25) is 13.9 Å². The van der Waals surface area contributed by atoms with E-state index in [0.29, 0.717) is 12.1 Å². The van der Waals surface area contributed by atoms with Crippen molar-refractivity contribution in [1.29, 1.82) is 0 Å². The van der Waals surface area contributed by atoms with E-state index in [0.717, 1.165) is 47.3 Å². The van der Waals surface area contributed by atoms with Crippen molar-refractivity contribution in [3.63, 3.8) is 0 Å². The molecule has 4 rings (SSSR count). The van der Waals surface area contributed by atoms with Crippen LogP contribution in [0.3, 0.4) is 0 Å². The molecule has 1 N–H and O–H groups in total. The van der Waals surface area contributed by atoms with Gasteiger partial charge in [0.2, 0.25) is 11.8 Å². The summed E-state index contributed by atoms with van der Waals surface area (Å²) >= 11 is 1.52. The lowest BCUT2D eigenvalue weighted by Gasteiger charge is -2.34. The van der Waals surface area contributed by atoms with Crippen LogP contribution in [0.5, 0.6) is 0 Å². The molecule has 3 aromatic rings. The van der Waals surface area contributed by atoms with E-state index < -0.39 is 28.5 Å². The molecule has 0 aliphatic heterocycles. The van der Waals surface area contributed by atoms with E-state index in [2.05, 4.69) is 5.32 Å². The molecule has 2 amide bonds. The standard InChI is InChI=1S/C34H43N3O4S2/c1-5-32(34(39)35-28-13-7-6-8-14-28)36(23-27-12-10-9-11-26(27)3)33(38)24-37(29-17-15-25(2)16-18-29)43(40,41)31-21-19-30(42-4)20-22-31/h9-12,15-22,28,32H,5-8,13-14,23-24H2,1-4H3,(H,35,39). The van der Waals surface area contributed by atoms with Crippen LogP contribution >= 0.6 is 11.8 Å². The second-order valence-electron chi connectivity index (χ2n) is 11.2. The molecule has 1 fully saturated rings. The van der Waals surface area contributed by atoms with E-state index in [4.69, 9.17) is 0 Å². The molecule has 0 saturated heterocycles. The lowest BCUT2D eigenvalue weighted by Crippen LogP contribution is -2.54. The zero-order valence-electron chi connectivity index (χ0n) is 25.6. The van der Waals surface area contributed by atoms with Crippen molar-refractivity contribution < 1.29 is 18.0 Å². The molecule has 0 aromatic heterocycles. The number of thioether (sulfide) groups is 1. The predicted octanol–water partition coefficient (Wildman–Crippen LogP) is 6.48. The average Bonchev–Trinajstić information content (AvgIpc) is 3.01. The van der Waals surface area contributed by atoms with Crippen LogP contribution in [-0.4, -0.2) is 50.0 Å². The van der Waals surface area contributed by atoms with E-state index in [9.17, 15) is 18.0 Å². The number of hydrogen-bond acceptors (Lipinski definition) is 5. The molecule has 3 aromatic carbocycles. The summed E-state index contributed by atoms with van der Waals surface area (Å²) in [5, 5.41) is 3.20. The Morgan fingerprint density at radius 3 is 2.19 bits per heavy atom. The van der Waals surface area contributed by atoms with Crippen molar-refractivity contribution in [3.05, 3.63) is 89.5 Å². The minimum absolute atomic E-state index is 0.0967. The van der Waals surface area contributed by atoms with Crippen molar-refractivity contribution in [2.75, 3.05) is 17.1 Å². The number of rotatable bonds is 12. The normalized spacial score (nSPS) is 14.6. The number of carbonyl (C=O) groups excluding carboxylic acids is 2. The maximum atomic E-state index is 14.3. The van der Waals surface area contributed by atoms with Crippen LogP contribution in [0.4, 0.5) is 5.69 Å². The Balaban J connectivity index is 1.71. The smallest absolute Gasteiger partial charge is 0.264 e. The van der Waals surface area contributed by atoms with Crippen LogP contribution in [0.15, 0.2) is 82.6 Å². The molecule has 1 aliphatic rings. The Morgan fingerprint density at radius 1 is 0.930 bits per heavy atom. The molecule has 0 bridgehead atoms. The van der Waals surface area contributed by atoms with Crippen LogP contribution in [0.25, 0.3) is 0 Å². The summed E-state index contributed by atoms with van der Waals surface area (Å²) in [6.07, 6.45) is 7.53. The zero-order chi connectivity index (χ0) is 31.0. The van der Waals surface area contributed by atoms with E-state index >= 15 is 0 Å². The van der Waals surface area contributed by atoms with Gasteiger partial charge >= 0.3 is 0 Å². The predicted molar refractivity (Wildman–Crippen MR) is 175 cm³/mol. The molecular weight excluding hydrogens is 579 g/mol. The molecule has 1 atom stereocenters. The molecule has 43 heavy (non-hydrogen) atoms. The average molecular weight is 622 g/mol.